The van der Waals surface area contributed by atoms with Gasteiger partial charge in [-0.3, -0.25) is 10.1 Å². The first kappa shape index (κ1) is 6.79. The van der Waals surface area contributed by atoms with E-state index in [-0.39, 0.29) is 0 Å². The fraction of sp³-hybridized carbons (Fsp3) is 0. The zero-order chi connectivity index (χ0) is 6.57. The summed E-state index contributed by atoms with van der Waals surface area (Å²) in [7, 11) is 0. The molecule has 7 nitrogen and oxygen atoms in total. The predicted octanol–water partition coefficient (Wildman–Crippen LogP) is -0.795. The van der Waals surface area contributed by atoms with E-state index in [2.05, 4.69) is 15.8 Å². The predicted molar refractivity (Wildman–Crippen MR) is 18.7 cm³/mol. The molecular formula is CH2N2O5. The van der Waals surface area contributed by atoms with Gasteiger partial charge in [0.25, 0.3) is 0 Å². The summed E-state index contributed by atoms with van der Waals surface area (Å²) < 4.78 is 0. The van der Waals surface area contributed by atoms with Crippen molar-refractivity contribution in [3.63, 3.8) is 0 Å². The lowest BCUT2D eigenvalue weighted by atomic mass is 11.3. The van der Waals surface area contributed by atoms with Crippen molar-refractivity contribution in [2.45, 2.75) is 0 Å². The van der Waals surface area contributed by atoms with Crippen molar-refractivity contribution < 1.29 is 19.6 Å². The number of nitro groups is 1. The van der Waals surface area contributed by atoms with Gasteiger partial charge in [0.05, 0.1) is 0 Å². The van der Waals surface area contributed by atoms with Crippen molar-refractivity contribution in [2.75, 3.05) is 0 Å². The van der Waals surface area contributed by atoms with Crippen LogP contribution in [0.15, 0.2) is 0 Å². The number of hydrogen-bond acceptors (Lipinski definition) is 6. The maximum atomic E-state index is 9.62. The largest absolute Gasteiger partial charge is 0.690 e. The third-order valence-corrected chi connectivity index (χ3v) is 0.268. The van der Waals surface area contributed by atoms with E-state index < -0.39 is 11.0 Å². The van der Waals surface area contributed by atoms with Gasteiger partial charge in [-0.15, -0.1) is 0 Å². The fourth-order valence-corrected chi connectivity index (χ4v) is 0.0716. The first-order valence-electron chi connectivity index (χ1n) is 1.40. The number of nitrogens with two attached hydrogens (primary N) is 1. The van der Waals surface area contributed by atoms with Gasteiger partial charge in [0.1, 0.15) is 4.92 Å². The van der Waals surface area contributed by atoms with Crippen LogP contribution in [0.2, 0.25) is 0 Å². The number of hydrogen-bond donors (Lipinski definition) is 1. The minimum Gasteiger partial charge on any atom is -0.253 e. The molecule has 46 valence electrons. The van der Waals surface area contributed by atoms with Gasteiger partial charge in [-0.05, 0) is 0 Å². The molecule has 0 aliphatic rings. The summed E-state index contributed by atoms with van der Waals surface area (Å²) >= 11 is 0. The van der Waals surface area contributed by atoms with Gasteiger partial charge in [-0.2, -0.15) is 10.7 Å². The second-order valence-corrected chi connectivity index (χ2v) is 0.703. The van der Waals surface area contributed by atoms with E-state index in [1.165, 1.54) is 0 Å². The number of carbonyl (C=O) groups excluding carboxylic acids is 1. The molecule has 8 heavy (non-hydrogen) atoms. The highest BCUT2D eigenvalue weighted by Crippen LogP contribution is 1.77. The normalized spacial score (nSPS) is 8.12. The van der Waals surface area contributed by atoms with E-state index in [0.29, 0.717) is 0 Å². The van der Waals surface area contributed by atoms with Crippen LogP contribution < -0.4 is 5.90 Å². The number of nitrogens with zero attached hydrogens (tertiary/aromatic N) is 1. The van der Waals surface area contributed by atoms with E-state index in [1.807, 2.05) is 0 Å². The van der Waals surface area contributed by atoms with Gasteiger partial charge >= 0.3 is 6.09 Å². The Morgan fingerprint density at radius 2 is 2.25 bits per heavy atom. The maximum Gasteiger partial charge on any atom is 0.690 e. The highest BCUT2D eigenvalue weighted by atomic mass is 17.3. The Morgan fingerprint density at radius 1 is 1.75 bits per heavy atom. The molecule has 0 aromatic carbocycles. The Bertz CT molecular complexity index is 109. The highest BCUT2D eigenvalue weighted by molar-refractivity contribution is 5.56. The summed E-state index contributed by atoms with van der Waals surface area (Å²) in [6, 6.07) is 0. The smallest absolute Gasteiger partial charge is 0.253 e. The molecule has 0 aromatic rings. The van der Waals surface area contributed by atoms with Crippen LogP contribution in [-0.2, 0) is 9.88 Å². The molecule has 0 aliphatic heterocycles. The molecular weight excluding hydrogens is 120 g/mol. The van der Waals surface area contributed by atoms with Crippen LogP contribution in [0.3, 0.4) is 0 Å². The van der Waals surface area contributed by atoms with E-state index in [0.717, 1.165) is 0 Å². The molecule has 0 unspecified atom stereocenters. The molecule has 0 saturated heterocycles. The summed E-state index contributed by atoms with van der Waals surface area (Å²) in [4.78, 5) is 24.0. The lowest BCUT2D eigenvalue weighted by Gasteiger charge is -1.85. The summed E-state index contributed by atoms with van der Waals surface area (Å²) in [6.07, 6.45) is -1.74. The summed E-state index contributed by atoms with van der Waals surface area (Å²) in [5.41, 5.74) is 0. The second kappa shape index (κ2) is 2.88. The monoisotopic (exact) mass is 122 g/mol. The molecule has 0 bridgehead atoms. The Morgan fingerprint density at radius 3 is 2.38 bits per heavy atom. The van der Waals surface area contributed by atoms with Crippen molar-refractivity contribution in [2.24, 2.45) is 5.90 Å². The molecule has 1 amide bonds. The molecule has 0 atom stereocenters. The van der Waals surface area contributed by atoms with E-state index >= 15 is 0 Å². The minimum absolute atomic E-state index is 1.31. The number of rotatable bonds is 1. The summed E-state index contributed by atoms with van der Waals surface area (Å²) in [5, 5.41) is 9.28. The van der Waals surface area contributed by atoms with Crippen molar-refractivity contribution in [3.05, 3.63) is 10.1 Å². The average molecular weight is 122 g/mol. The van der Waals surface area contributed by atoms with Crippen molar-refractivity contribution >= 4 is 6.09 Å². The van der Waals surface area contributed by atoms with E-state index in [1.54, 1.807) is 0 Å². The molecule has 0 rings (SSSR count). The Hall–Kier alpha value is -1.21. The van der Waals surface area contributed by atoms with Crippen LogP contribution in [0.4, 0.5) is 4.79 Å². The van der Waals surface area contributed by atoms with Gasteiger partial charge in [0.2, 0.25) is 0 Å². The van der Waals surface area contributed by atoms with Crippen molar-refractivity contribution in [3.8, 4) is 0 Å². The summed E-state index contributed by atoms with van der Waals surface area (Å²) in [6.45, 7) is 0. The molecule has 0 saturated carbocycles. The summed E-state index contributed by atoms with van der Waals surface area (Å²) in [5.74, 6) is 4.12. The third kappa shape index (κ3) is 2.05. The Labute approximate surface area is 43.0 Å². The average Bonchev–Trinajstić information content (AvgIpc) is 1.67. The topological polar surface area (TPSA) is 105 Å². The molecule has 0 heterocycles. The van der Waals surface area contributed by atoms with Gasteiger partial charge in [0.15, 0.2) is 0 Å². The lowest BCUT2D eigenvalue weighted by molar-refractivity contribution is -0.436. The fourth-order valence-electron chi connectivity index (χ4n) is 0.0716. The van der Waals surface area contributed by atoms with Gasteiger partial charge in [-0.1, -0.05) is 4.99 Å². The van der Waals surface area contributed by atoms with E-state index in [4.69, 9.17) is 0 Å². The Balaban J connectivity index is 3.49. The molecule has 0 aromatic heterocycles. The van der Waals surface area contributed by atoms with Gasteiger partial charge in [-0.25, -0.2) is 4.89 Å². The molecule has 0 radical (unpaired) electrons. The van der Waals surface area contributed by atoms with Crippen LogP contribution in [0, 0.1) is 10.1 Å². The lowest BCUT2D eigenvalue weighted by Crippen LogP contribution is -2.15. The zero-order valence-corrected chi connectivity index (χ0v) is 3.57. The first-order chi connectivity index (χ1) is 3.68. The second-order valence-electron chi connectivity index (χ2n) is 0.703. The van der Waals surface area contributed by atoms with Crippen LogP contribution in [0.1, 0.15) is 0 Å². The van der Waals surface area contributed by atoms with Crippen LogP contribution in [0.25, 0.3) is 0 Å². The highest BCUT2D eigenvalue weighted by Gasteiger charge is 2.17. The van der Waals surface area contributed by atoms with Crippen molar-refractivity contribution in [1.82, 2.24) is 0 Å². The zero-order valence-electron chi connectivity index (χ0n) is 3.57. The standard InChI is InChI=1S/CH2N2O5/c2-8-7-1(4)3(5)6/h2H2. The molecule has 2 N–H and O–H groups in total. The minimum atomic E-state index is -1.74. The third-order valence-electron chi connectivity index (χ3n) is 0.268. The SMILES string of the molecule is NOOC(=O)[N+](=O)[O-]. The first-order valence-corrected chi connectivity index (χ1v) is 1.40. The van der Waals surface area contributed by atoms with Crippen LogP contribution in [-0.4, -0.2) is 11.0 Å². The number of amides is 1. The molecule has 0 spiro atoms. The maximum absolute atomic E-state index is 9.62. The number of carbonyl (C=O) groups is 1. The van der Waals surface area contributed by atoms with Crippen molar-refractivity contribution in [1.29, 1.82) is 0 Å². The molecule has 0 aliphatic carbocycles. The van der Waals surface area contributed by atoms with Crippen LogP contribution in [0.5, 0.6) is 0 Å². The van der Waals surface area contributed by atoms with Gasteiger partial charge in [0, 0.05) is 0 Å². The van der Waals surface area contributed by atoms with Gasteiger partial charge < -0.3 is 0 Å². The Kier molecular flexibility index (Phi) is 2.45. The molecule has 0 fully saturated rings. The van der Waals surface area contributed by atoms with E-state index in [9.17, 15) is 14.9 Å². The quantitative estimate of drug-likeness (QED) is 0.277. The van der Waals surface area contributed by atoms with Crippen LogP contribution >= 0.6 is 0 Å². The molecule has 7 heteroatoms.